The molecular weight excluding hydrogens is 456 g/mol. The quantitative estimate of drug-likeness (QED) is 0.338. The summed E-state index contributed by atoms with van der Waals surface area (Å²) in [4.78, 5) is 31.9. The van der Waals surface area contributed by atoms with Gasteiger partial charge in [0, 0.05) is 42.6 Å². The molecule has 0 bridgehead atoms. The zero-order chi connectivity index (χ0) is 22.8. The lowest BCUT2D eigenvalue weighted by Gasteiger charge is -2.31. The highest BCUT2D eigenvalue weighted by atomic mass is 35.5. The minimum absolute atomic E-state index is 0.0132. The van der Waals surface area contributed by atoms with Crippen LogP contribution in [0.3, 0.4) is 0 Å². The lowest BCUT2D eigenvalue weighted by molar-refractivity contribution is 0.0595. The number of hydrogen-bond donors (Lipinski definition) is 0. The van der Waals surface area contributed by atoms with E-state index in [1.807, 2.05) is 41.3 Å². The molecular formula is C26H21ClN2O3S. The van der Waals surface area contributed by atoms with Gasteiger partial charge in [-0.3, -0.25) is 9.59 Å². The van der Waals surface area contributed by atoms with Crippen molar-refractivity contribution >= 4 is 44.8 Å². The summed E-state index contributed by atoms with van der Waals surface area (Å²) in [7, 11) is 0. The molecule has 0 saturated carbocycles. The summed E-state index contributed by atoms with van der Waals surface area (Å²) in [5, 5.41) is 1.23. The molecule has 5 nitrogen and oxygen atoms in total. The SMILES string of the molecule is O=C(c1ccccc1)c1ccc(C(=O)N2CCC(Oc3nc4c(Cl)cccc4s3)CC2)cc1. The molecule has 1 aliphatic rings. The number of likely N-dealkylation sites (tertiary alicyclic amines) is 1. The Morgan fingerprint density at radius 1 is 0.879 bits per heavy atom. The number of ether oxygens (including phenoxy) is 1. The number of fused-ring (bicyclic) bond motifs is 1. The van der Waals surface area contributed by atoms with Gasteiger partial charge in [0.25, 0.3) is 11.1 Å². The first-order chi connectivity index (χ1) is 16.1. The average molecular weight is 477 g/mol. The van der Waals surface area contributed by atoms with Gasteiger partial charge in [-0.2, -0.15) is 0 Å². The number of piperidine rings is 1. The molecule has 3 aromatic carbocycles. The molecule has 7 heteroatoms. The largest absolute Gasteiger partial charge is 0.467 e. The van der Waals surface area contributed by atoms with Gasteiger partial charge in [-0.15, -0.1) is 0 Å². The number of nitrogens with zero attached hydrogens (tertiary/aromatic N) is 2. The third kappa shape index (κ3) is 4.63. The van der Waals surface area contributed by atoms with Crippen LogP contribution in [0, 0.1) is 0 Å². The smallest absolute Gasteiger partial charge is 0.274 e. The molecule has 0 unspecified atom stereocenters. The molecule has 0 N–H and O–H groups in total. The van der Waals surface area contributed by atoms with Gasteiger partial charge in [0.1, 0.15) is 11.6 Å². The highest BCUT2D eigenvalue weighted by Gasteiger charge is 2.26. The molecule has 1 aromatic heterocycles. The number of ketones is 1. The van der Waals surface area contributed by atoms with E-state index in [1.165, 1.54) is 11.3 Å². The fourth-order valence-electron chi connectivity index (χ4n) is 3.97. The van der Waals surface area contributed by atoms with Crippen molar-refractivity contribution in [2.45, 2.75) is 18.9 Å². The number of halogens is 1. The highest BCUT2D eigenvalue weighted by molar-refractivity contribution is 7.20. The van der Waals surface area contributed by atoms with Gasteiger partial charge in [0.05, 0.1) is 9.72 Å². The second-order valence-electron chi connectivity index (χ2n) is 7.95. The molecule has 166 valence electrons. The van der Waals surface area contributed by atoms with Gasteiger partial charge in [-0.05, 0) is 24.3 Å². The van der Waals surface area contributed by atoms with Gasteiger partial charge >= 0.3 is 0 Å². The van der Waals surface area contributed by atoms with Crippen molar-refractivity contribution in [1.29, 1.82) is 0 Å². The van der Waals surface area contributed by atoms with E-state index in [4.69, 9.17) is 16.3 Å². The van der Waals surface area contributed by atoms with Crippen molar-refractivity contribution in [2.75, 3.05) is 13.1 Å². The van der Waals surface area contributed by atoms with Crippen LogP contribution in [0.5, 0.6) is 5.19 Å². The summed E-state index contributed by atoms with van der Waals surface area (Å²) in [6, 6.07) is 21.7. The van der Waals surface area contributed by atoms with Crippen molar-refractivity contribution in [3.05, 3.63) is 94.5 Å². The maximum Gasteiger partial charge on any atom is 0.274 e. The van der Waals surface area contributed by atoms with Crippen molar-refractivity contribution in [1.82, 2.24) is 9.88 Å². The summed E-state index contributed by atoms with van der Waals surface area (Å²) in [5.41, 5.74) is 2.55. The van der Waals surface area contributed by atoms with Crippen LogP contribution >= 0.6 is 22.9 Å². The summed E-state index contributed by atoms with van der Waals surface area (Å²) < 4.78 is 7.09. The summed E-state index contributed by atoms with van der Waals surface area (Å²) in [6.45, 7) is 1.22. The van der Waals surface area contributed by atoms with Crippen LogP contribution in [0.2, 0.25) is 5.02 Å². The topological polar surface area (TPSA) is 59.5 Å². The van der Waals surface area contributed by atoms with Crippen molar-refractivity contribution < 1.29 is 14.3 Å². The predicted molar refractivity (Wildman–Crippen MR) is 130 cm³/mol. The molecule has 5 rings (SSSR count). The lowest BCUT2D eigenvalue weighted by atomic mass is 10.0. The Balaban J connectivity index is 1.19. The van der Waals surface area contributed by atoms with E-state index < -0.39 is 0 Å². The zero-order valence-corrected chi connectivity index (χ0v) is 19.3. The third-order valence-electron chi connectivity index (χ3n) is 5.78. The van der Waals surface area contributed by atoms with Crippen LogP contribution in [0.15, 0.2) is 72.8 Å². The van der Waals surface area contributed by atoms with E-state index in [2.05, 4.69) is 4.98 Å². The number of carbonyl (C=O) groups is 2. The number of hydrogen-bond acceptors (Lipinski definition) is 5. The van der Waals surface area contributed by atoms with E-state index in [9.17, 15) is 9.59 Å². The molecule has 0 spiro atoms. The number of benzene rings is 3. The van der Waals surface area contributed by atoms with Gasteiger partial charge in [0.15, 0.2) is 5.78 Å². The fraction of sp³-hybridized carbons (Fsp3) is 0.192. The number of carbonyl (C=O) groups excluding carboxylic acids is 2. The Bertz CT molecular complexity index is 1300. The molecule has 4 aromatic rings. The Kier molecular flexibility index (Phi) is 6.11. The fourth-order valence-corrected chi connectivity index (χ4v) is 5.15. The normalized spacial score (nSPS) is 14.4. The van der Waals surface area contributed by atoms with E-state index >= 15 is 0 Å². The van der Waals surface area contributed by atoms with Crippen LogP contribution in [0.25, 0.3) is 10.2 Å². The van der Waals surface area contributed by atoms with Crippen molar-refractivity contribution in [3.8, 4) is 5.19 Å². The van der Waals surface area contributed by atoms with E-state index in [1.54, 1.807) is 36.4 Å². The molecule has 0 atom stereocenters. The van der Waals surface area contributed by atoms with Gasteiger partial charge in [-0.25, -0.2) is 4.98 Å². The van der Waals surface area contributed by atoms with Crippen molar-refractivity contribution in [3.63, 3.8) is 0 Å². The Labute approximate surface area is 200 Å². The zero-order valence-electron chi connectivity index (χ0n) is 17.7. The maximum atomic E-state index is 12.9. The molecule has 0 aliphatic carbocycles. The van der Waals surface area contributed by atoms with E-state index in [0.717, 1.165) is 23.1 Å². The van der Waals surface area contributed by atoms with Crippen LogP contribution in [0.1, 0.15) is 39.1 Å². The Hall–Kier alpha value is -3.22. The lowest BCUT2D eigenvalue weighted by Crippen LogP contribution is -2.41. The summed E-state index contributed by atoms with van der Waals surface area (Å²) >= 11 is 7.69. The van der Waals surface area contributed by atoms with Crippen LogP contribution in [-0.2, 0) is 0 Å². The first-order valence-corrected chi connectivity index (χ1v) is 12.0. The van der Waals surface area contributed by atoms with Gasteiger partial charge in [0.2, 0.25) is 0 Å². The Morgan fingerprint density at radius 2 is 1.55 bits per heavy atom. The van der Waals surface area contributed by atoms with Crippen molar-refractivity contribution in [2.24, 2.45) is 0 Å². The number of thiazole rings is 1. The van der Waals surface area contributed by atoms with Gasteiger partial charge < -0.3 is 9.64 Å². The minimum atomic E-state index is -0.0521. The monoisotopic (exact) mass is 476 g/mol. The van der Waals surface area contributed by atoms with Gasteiger partial charge in [-0.1, -0.05) is 71.5 Å². The minimum Gasteiger partial charge on any atom is -0.467 e. The number of aromatic nitrogens is 1. The highest BCUT2D eigenvalue weighted by Crippen LogP contribution is 2.33. The second-order valence-corrected chi connectivity index (χ2v) is 9.35. The van der Waals surface area contributed by atoms with Crippen LogP contribution in [0.4, 0.5) is 0 Å². The predicted octanol–water partition coefficient (Wildman–Crippen LogP) is 5.86. The molecule has 1 saturated heterocycles. The molecule has 0 radical (unpaired) electrons. The van der Waals surface area contributed by atoms with Crippen LogP contribution < -0.4 is 4.74 Å². The van der Waals surface area contributed by atoms with E-state index in [0.29, 0.717) is 40.0 Å². The first kappa shape index (κ1) is 21.6. The summed E-state index contributed by atoms with van der Waals surface area (Å²) in [6.07, 6.45) is 1.49. The average Bonchev–Trinajstić information content (AvgIpc) is 3.28. The molecule has 1 aliphatic heterocycles. The molecule has 33 heavy (non-hydrogen) atoms. The third-order valence-corrected chi connectivity index (χ3v) is 6.99. The Morgan fingerprint density at radius 3 is 2.24 bits per heavy atom. The second kappa shape index (κ2) is 9.33. The van der Waals surface area contributed by atoms with E-state index in [-0.39, 0.29) is 17.8 Å². The molecule has 1 fully saturated rings. The standard InChI is InChI=1S/C26H21ClN2O3S/c27-21-7-4-8-22-23(21)28-26(33-22)32-20-13-15-29(16-14-20)25(31)19-11-9-18(10-12-19)24(30)17-5-2-1-3-6-17/h1-12,20H,13-16H2. The number of rotatable bonds is 5. The number of amides is 1. The molecule has 1 amide bonds. The summed E-state index contributed by atoms with van der Waals surface area (Å²) in [5.74, 6) is -0.0809. The maximum absolute atomic E-state index is 12.9. The first-order valence-electron chi connectivity index (χ1n) is 10.8. The molecule has 2 heterocycles. The number of para-hydroxylation sites is 1. The van der Waals surface area contributed by atoms with Crippen LogP contribution in [-0.4, -0.2) is 40.8 Å².